The second-order valence-electron chi connectivity index (χ2n) is 6.29. The zero-order chi connectivity index (χ0) is 19.4. The van der Waals surface area contributed by atoms with E-state index in [-0.39, 0.29) is 11.4 Å². The van der Waals surface area contributed by atoms with Crippen molar-refractivity contribution in [1.29, 1.82) is 0 Å². The van der Waals surface area contributed by atoms with E-state index in [1.807, 2.05) is 30.3 Å². The number of benzene rings is 2. The summed E-state index contributed by atoms with van der Waals surface area (Å²) in [6.45, 7) is 2.99. The third kappa shape index (κ3) is 4.89. The minimum atomic E-state index is -1.31. The molecule has 1 aliphatic heterocycles. The van der Waals surface area contributed by atoms with Crippen LogP contribution in [0.5, 0.6) is 0 Å². The Balaban J connectivity index is 1.90. The van der Waals surface area contributed by atoms with Crippen LogP contribution in [0.4, 0.5) is 10.1 Å². The summed E-state index contributed by atoms with van der Waals surface area (Å²) in [6.07, 6.45) is 0. The highest BCUT2D eigenvalue weighted by molar-refractivity contribution is 8.02. The predicted molar refractivity (Wildman–Crippen MR) is 101 cm³/mol. The molecule has 7 heteroatoms. The van der Waals surface area contributed by atoms with Crippen LogP contribution in [0.15, 0.2) is 65.2 Å². The molecule has 140 valence electrons. The molecule has 0 amide bonds. The predicted octanol–water partition coefficient (Wildman–Crippen LogP) is 4.22. The van der Waals surface area contributed by atoms with Gasteiger partial charge in [0.25, 0.3) is 5.79 Å². The number of hydrogen-bond donors (Lipinski definition) is 1. The molecule has 0 aromatic heterocycles. The lowest BCUT2D eigenvalue weighted by molar-refractivity contribution is -0.222. The Morgan fingerprint density at radius 1 is 1.00 bits per heavy atom. The average molecular weight is 387 g/mol. The molecule has 0 atom stereocenters. The molecule has 1 N–H and O–H groups in total. The molecule has 27 heavy (non-hydrogen) atoms. The van der Waals surface area contributed by atoms with Crippen molar-refractivity contribution in [2.75, 3.05) is 5.32 Å². The number of carbonyl (C=O) groups is 2. The van der Waals surface area contributed by atoms with Crippen molar-refractivity contribution in [2.45, 2.75) is 25.4 Å². The van der Waals surface area contributed by atoms with Gasteiger partial charge in [-0.25, -0.2) is 14.0 Å². The molecule has 3 rings (SSSR count). The minimum Gasteiger partial charge on any atom is -0.419 e. The highest BCUT2D eigenvalue weighted by Gasteiger charge is 2.41. The first-order valence-corrected chi connectivity index (χ1v) is 9.23. The molecular weight excluding hydrogens is 369 g/mol. The molecule has 0 bridgehead atoms. The number of halogens is 1. The molecule has 0 spiro atoms. The summed E-state index contributed by atoms with van der Waals surface area (Å²) in [7, 11) is 0. The van der Waals surface area contributed by atoms with Gasteiger partial charge in [0.1, 0.15) is 5.82 Å². The fourth-order valence-electron chi connectivity index (χ4n) is 2.40. The SMILES string of the molecule is CC1(C)OC(=O)C(=C(Nc2ccccc2)SCc2ccc(F)cc2)C(=O)O1. The molecular formula is C20H18FNO4S. The van der Waals surface area contributed by atoms with Crippen molar-refractivity contribution in [3.8, 4) is 0 Å². The number of cyclic esters (lactones) is 2. The van der Waals surface area contributed by atoms with Crippen molar-refractivity contribution in [2.24, 2.45) is 0 Å². The zero-order valence-electron chi connectivity index (χ0n) is 14.8. The lowest BCUT2D eigenvalue weighted by Gasteiger charge is -2.30. The van der Waals surface area contributed by atoms with E-state index >= 15 is 0 Å². The molecule has 1 aliphatic rings. The van der Waals surface area contributed by atoms with Crippen LogP contribution in [0, 0.1) is 5.82 Å². The Labute approximate surface area is 160 Å². The van der Waals surface area contributed by atoms with Crippen LogP contribution in [-0.4, -0.2) is 17.7 Å². The summed E-state index contributed by atoms with van der Waals surface area (Å²) in [5.41, 5.74) is 1.36. The Bertz CT molecular complexity index is 857. The van der Waals surface area contributed by atoms with Gasteiger partial charge in [0.2, 0.25) is 0 Å². The van der Waals surface area contributed by atoms with Gasteiger partial charge in [-0.2, -0.15) is 0 Å². The normalized spacial score (nSPS) is 15.7. The summed E-state index contributed by atoms with van der Waals surface area (Å²) in [4.78, 5) is 24.8. The molecule has 0 unspecified atom stereocenters. The van der Waals surface area contributed by atoms with Gasteiger partial charge < -0.3 is 14.8 Å². The number of esters is 2. The number of ether oxygens (including phenoxy) is 2. The van der Waals surface area contributed by atoms with Crippen LogP contribution in [0.2, 0.25) is 0 Å². The highest BCUT2D eigenvalue weighted by Crippen LogP contribution is 2.31. The first kappa shape index (κ1) is 19.0. The van der Waals surface area contributed by atoms with Gasteiger partial charge >= 0.3 is 11.9 Å². The van der Waals surface area contributed by atoms with Gasteiger partial charge in [0.05, 0.1) is 5.03 Å². The van der Waals surface area contributed by atoms with E-state index in [0.717, 1.165) is 5.56 Å². The van der Waals surface area contributed by atoms with Crippen molar-refractivity contribution in [3.05, 3.63) is 76.6 Å². The third-order valence-corrected chi connectivity index (χ3v) is 4.71. The standard InChI is InChI=1S/C20H18FNO4S/c1-20(2)25-18(23)16(19(24)26-20)17(22-15-6-4-3-5-7-15)27-12-13-8-10-14(21)11-9-13/h3-11,22H,12H2,1-2H3. The fourth-order valence-corrected chi connectivity index (χ4v) is 3.40. The van der Waals surface area contributed by atoms with E-state index in [1.165, 1.54) is 37.7 Å². The zero-order valence-corrected chi connectivity index (χ0v) is 15.6. The number of nitrogens with one attached hydrogen (secondary N) is 1. The molecule has 0 saturated carbocycles. The van der Waals surface area contributed by atoms with E-state index in [9.17, 15) is 14.0 Å². The smallest absolute Gasteiger partial charge is 0.351 e. The van der Waals surface area contributed by atoms with Crippen LogP contribution < -0.4 is 5.32 Å². The maximum absolute atomic E-state index is 13.1. The van der Waals surface area contributed by atoms with Crippen LogP contribution in [0.3, 0.4) is 0 Å². The lowest BCUT2D eigenvalue weighted by atomic mass is 10.2. The number of carbonyl (C=O) groups excluding carboxylic acids is 2. The van der Waals surface area contributed by atoms with E-state index in [0.29, 0.717) is 16.5 Å². The summed E-state index contributed by atoms with van der Waals surface area (Å²) >= 11 is 1.23. The van der Waals surface area contributed by atoms with Crippen molar-refractivity contribution < 1.29 is 23.5 Å². The number of thioether (sulfide) groups is 1. The van der Waals surface area contributed by atoms with Crippen LogP contribution in [0.25, 0.3) is 0 Å². The van der Waals surface area contributed by atoms with Crippen molar-refractivity contribution in [1.82, 2.24) is 0 Å². The molecule has 1 heterocycles. The van der Waals surface area contributed by atoms with E-state index in [2.05, 4.69) is 5.32 Å². The molecule has 0 radical (unpaired) electrons. The maximum atomic E-state index is 13.1. The van der Waals surface area contributed by atoms with E-state index in [4.69, 9.17) is 9.47 Å². The first-order valence-electron chi connectivity index (χ1n) is 8.24. The third-order valence-electron chi connectivity index (χ3n) is 3.64. The summed E-state index contributed by atoms with van der Waals surface area (Å²) in [5.74, 6) is -2.71. The van der Waals surface area contributed by atoms with Gasteiger partial charge in [-0.15, -0.1) is 11.8 Å². The summed E-state index contributed by atoms with van der Waals surface area (Å²) < 4.78 is 23.5. The van der Waals surface area contributed by atoms with Crippen LogP contribution in [-0.2, 0) is 24.8 Å². The fraction of sp³-hybridized carbons (Fsp3) is 0.200. The molecule has 0 aliphatic carbocycles. The van der Waals surface area contributed by atoms with E-state index in [1.54, 1.807) is 12.1 Å². The molecule has 2 aromatic carbocycles. The molecule has 2 aromatic rings. The quantitative estimate of drug-likeness (QED) is 0.471. The van der Waals surface area contributed by atoms with E-state index < -0.39 is 17.7 Å². The summed E-state index contributed by atoms with van der Waals surface area (Å²) in [5, 5.41) is 3.40. The van der Waals surface area contributed by atoms with Gasteiger partial charge in [-0.05, 0) is 29.8 Å². The molecule has 5 nitrogen and oxygen atoms in total. The number of rotatable bonds is 5. The Morgan fingerprint density at radius 2 is 1.59 bits per heavy atom. The van der Waals surface area contributed by atoms with Gasteiger partial charge in [-0.3, -0.25) is 0 Å². The minimum absolute atomic E-state index is 0.190. The van der Waals surface area contributed by atoms with Crippen LogP contribution >= 0.6 is 11.8 Å². The maximum Gasteiger partial charge on any atom is 0.351 e. The topological polar surface area (TPSA) is 64.6 Å². The van der Waals surface area contributed by atoms with Gasteiger partial charge in [0.15, 0.2) is 5.57 Å². The number of hydrogen-bond acceptors (Lipinski definition) is 6. The molecule has 1 saturated heterocycles. The van der Waals surface area contributed by atoms with Crippen molar-refractivity contribution in [3.63, 3.8) is 0 Å². The second kappa shape index (κ2) is 7.84. The van der Waals surface area contributed by atoms with Crippen molar-refractivity contribution >= 4 is 29.4 Å². The molecule has 1 fully saturated rings. The largest absolute Gasteiger partial charge is 0.419 e. The lowest BCUT2D eigenvalue weighted by Crippen LogP contribution is -2.42. The Morgan fingerprint density at radius 3 is 2.19 bits per heavy atom. The highest BCUT2D eigenvalue weighted by atomic mass is 32.2. The van der Waals surface area contributed by atoms with Crippen LogP contribution in [0.1, 0.15) is 19.4 Å². The number of anilines is 1. The number of para-hydroxylation sites is 1. The first-order chi connectivity index (χ1) is 12.8. The Hall–Kier alpha value is -2.80. The Kier molecular flexibility index (Phi) is 5.51. The van der Waals surface area contributed by atoms with Gasteiger partial charge in [0, 0.05) is 25.3 Å². The average Bonchev–Trinajstić information content (AvgIpc) is 2.60. The summed E-state index contributed by atoms with van der Waals surface area (Å²) in [6, 6.07) is 15.1. The second-order valence-corrected chi connectivity index (χ2v) is 7.27. The van der Waals surface area contributed by atoms with Gasteiger partial charge in [-0.1, -0.05) is 30.3 Å². The monoisotopic (exact) mass is 387 g/mol.